The number of β-amino-alcohol motifs (C(OH)–C–C–N with tert-alkyl or cyclic N) is 1. The minimum atomic E-state index is -0.818. The van der Waals surface area contributed by atoms with Crippen LogP contribution >= 0.6 is 11.3 Å². The van der Waals surface area contributed by atoms with Gasteiger partial charge >= 0.3 is 6.09 Å². The van der Waals surface area contributed by atoms with Crippen LogP contribution < -0.4 is 10.1 Å². The zero-order chi connectivity index (χ0) is 36.7. The molecule has 3 fully saturated rings. The minimum Gasteiger partial charge on any atom is -0.472 e. The van der Waals surface area contributed by atoms with E-state index in [1.54, 1.807) is 22.3 Å². The average molecular weight is 722 g/mol. The fourth-order valence-electron chi connectivity index (χ4n) is 7.65. The molecule has 2 aliphatic heterocycles. The summed E-state index contributed by atoms with van der Waals surface area (Å²) in [5.41, 5.74) is 4.44. The highest BCUT2D eigenvalue weighted by molar-refractivity contribution is 7.13. The van der Waals surface area contributed by atoms with Crippen molar-refractivity contribution in [1.82, 2.24) is 25.3 Å². The van der Waals surface area contributed by atoms with E-state index in [1.165, 1.54) is 4.90 Å². The number of aliphatic hydroxyl groups excluding tert-OH is 1. The van der Waals surface area contributed by atoms with Gasteiger partial charge in [-0.3, -0.25) is 9.59 Å². The molecule has 1 aliphatic carbocycles. The highest BCUT2D eigenvalue weighted by Gasteiger charge is 2.49. The van der Waals surface area contributed by atoms with Gasteiger partial charge in [0.1, 0.15) is 23.7 Å². The van der Waals surface area contributed by atoms with Crippen LogP contribution in [0, 0.1) is 18.3 Å². The van der Waals surface area contributed by atoms with Crippen molar-refractivity contribution in [2.24, 2.45) is 11.3 Å². The maximum atomic E-state index is 14.1. The van der Waals surface area contributed by atoms with E-state index in [0.717, 1.165) is 47.4 Å². The molecule has 6 rings (SSSR count). The van der Waals surface area contributed by atoms with Crippen molar-refractivity contribution in [2.75, 3.05) is 19.6 Å². The number of carbonyl (C=O) groups is 3. The topological polar surface area (TPSA) is 147 Å². The highest BCUT2D eigenvalue weighted by atomic mass is 32.1. The van der Waals surface area contributed by atoms with E-state index in [0.29, 0.717) is 24.7 Å². The van der Waals surface area contributed by atoms with Gasteiger partial charge in [-0.25, -0.2) is 9.78 Å². The molecule has 3 aliphatic rings. The van der Waals surface area contributed by atoms with Crippen LogP contribution in [-0.2, 0) is 14.3 Å². The predicted octanol–water partition coefficient (Wildman–Crippen LogP) is 6.24. The lowest BCUT2D eigenvalue weighted by Gasteiger charge is -2.51. The van der Waals surface area contributed by atoms with E-state index >= 15 is 0 Å². The molecular formula is C38H51N5O7S. The van der Waals surface area contributed by atoms with Crippen molar-refractivity contribution in [3.8, 4) is 16.3 Å². The lowest BCUT2D eigenvalue weighted by Crippen LogP contribution is -2.52. The third-order valence-electron chi connectivity index (χ3n) is 10.5. The summed E-state index contributed by atoms with van der Waals surface area (Å²) in [5.74, 6) is -0.775. The van der Waals surface area contributed by atoms with Crippen LogP contribution in [0.15, 0.2) is 40.4 Å². The third kappa shape index (κ3) is 8.25. The van der Waals surface area contributed by atoms with Crippen LogP contribution in [-0.4, -0.2) is 86.4 Å². The van der Waals surface area contributed by atoms with E-state index in [-0.39, 0.29) is 54.4 Å². The first-order valence-electron chi connectivity index (χ1n) is 18.0. The Kier molecular flexibility index (Phi) is 10.5. The first-order chi connectivity index (χ1) is 24.1. The molecule has 4 heterocycles. The average Bonchev–Trinajstić information content (AvgIpc) is 3.80. The maximum absolute atomic E-state index is 14.1. The van der Waals surface area contributed by atoms with E-state index in [9.17, 15) is 19.5 Å². The number of hydrogen-bond donors (Lipinski definition) is 2. The Labute approximate surface area is 303 Å². The molecule has 51 heavy (non-hydrogen) atoms. The molecule has 2 saturated heterocycles. The molecule has 2 aromatic heterocycles. The van der Waals surface area contributed by atoms with Gasteiger partial charge in [0.05, 0.1) is 28.2 Å². The first kappa shape index (κ1) is 36.8. The zero-order valence-electron chi connectivity index (χ0n) is 30.7. The number of benzene rings is 1. The second-order valence-corrected chi connectivity index (χ2v) is 16.8. The molecule has 13 heteroatoms. The van der Waals surface area contributed by atoms with Crippen LogP contribution in [0.2, 0.25) is 0 Å². The Morgan fingerprint density at radius 2 is 1.78 bits per heavy atom. The number of aryl methyl sites for hydroxylation is 1. The number of ether oxygens (including phenoxy) is 2. The molecule has 2 N–H and O–H groups in total. The van der Waals surface area contributed by atoms with Crippen molar-refractivity contribution in [1.29, 1.82) is 0 Å². The number of piperidine rings is 1. The summed E-state index contributed by atoms with van der Waals surface area (Å²) in [7, 11) is 0. The second-order valence-electron chi connectivity index (χ2n) is 15.9. The summed E-state index contributed by atoms with van der Waals surface area (Å²) in [6.07, 6.45) is 2.57. The largest absolute Gasteiger partial charge is 0.472 e. The van der Waals surface area contributed by atoms with Gasteiger partial charge in [0.2, 0.25) is 11.8 Å². The molecule has 1 saturated carbocycles. The van der Waals surface area contributed by atoms with Gasteiger partial charge < -0.3 is 34.2 Å². The van der Waals surface area contributed by atoms with Gasteiger partial charge in [0.15, 0.2) is 5.76 Å². The highest BCUT2D eigenvalue weighted by Crippen LogP contribution is 2.50. The number of aromatic nitrogens is 2. The minimum absolute atomic E-state index is 0.0268. The van der Waals surface area contributed by atoms with E-state index < -0.39 is 23.7 Å². The number of carbonyl (C=O) groups excluding carboxylic acids is 3. The second kappa shape index (κ2) is 14.6. The van der Waals surface area contributed by atoms with E-state index in [2.05, 4.69) is 15.5 Å². The number of nitrogens with one attached hydrogen (secondary N) is 1. The van der Waals surface area contributed by atoms with Crippen molar-refractivity contribution in [3.63, 3.8) is 0 Å². The van der Waals surface area contributed by atoms with Crippen molar-refractivity contribution < 1.29 is 33.5 Å². The summed E-state index contributed by atoms with van der Waals surface area (Å²) in [4.78, 5) is 48.9. The molecule has 4 atom stereocenters. The summed E-state index contributed by atoms with van der Waals surface area (Å²) in [5, 5.41) is 17.8. The monoisotopic (exact) mass is 721 g/mol. The van der Waals surface area contributed by atoms with Gasteiger partial charge in [0.25, 0.3) is 5.88 Å². The summed E-state index contributed by atoms with van der Waals surface area (Å²) >= 11 is 1.59. The number of nitrogens with zero attached hydrogens (tertiary/aromatic N) is 4. The van der Waals surface area contributed by atoms with E-state index in [1.807, 2.05) is 78.2 Å². The van der Waals surface area contributed by atoms with Gasteiger partial charge in [-0.1, -0.05) is 38.1 Å². The Balaban J connectivity index is 1.04. The van der Waals surface area contributed by atoms with Crippen LogP contribution in [0.5, 0.6) is 5.88 Å². The van der Waals surface area contributed by atoms with Crippen molar-refractivity contribution in [3.05, 3.63) is 52.9 Å². The van der Waals surface area contributed by atoms with Gasteiger partial charge in [-0.2, -0.15) is 0 Å². The van der Waals surface area contributed by atoms with Crippen molar-refractivity contribution in [2.45, 2.75) is 116 Å². The summed E-state index contributed by atoms with van der Waals surface area (Å²) < 4.78 is 17.4. The molecule has 0 radical (unpaired) electrons. The molecular weight excluding hydrogens is 671 g/mol. The predicted molar refractivity (Wildman–Crippen MR) is 192 cm³/mol. The molecule has 1 spiro atoms. The van der Waals surface area contributed by atoms with Gasteiger partial charge in [0, 0.05) is 32.1 Å². The number of thiazole rings is 1. The fourth-order valence-corrected chi connectivity index (χ4v) is 8.46. The van der Waals surface area contributed by atoms with Gasteiger partial charge in [-0.15, -0.1) is 11.3 Å². The number of rotatable bonds is 9. The molecule has 3 amide bonds. The Morgan fingerprint density at radius 3 is 2.39 bits per heavy atom. The van der Waals surface area contributed by atoms with Crippen LogP contribution in [0.3, 0.4) is 0 Å². The molecule has 276 valence electrons. The zero-order valence-corrected chi connectivity index (χ0v) is 31.5. The normalized spacial score (nSPS) is 21.7. The van der Waals surface area contributed by atoms with Gasteiger partial charge in [-0.05, 0) is 87.9 Å². The lowest BCUT2D eigenvalue weighted by molar-refractivity contribution is -0.141. The number of likely N-dealkylation sites (tertiary alicyclic amines) is 2. The molecule has 0 bridgehead atoms. The third-order valence-corrected chi connectivity index (χ3v) is 11.5. The molecule has 3 aromatic rings. The smallest absolute Gasteiger partial charge is 0.410 e. The number of aliphatic hydroxyl groups is 1. The Bertz CT molecular complexity index is 1700. The molecule has 12 nitrogen and oxygen atoms in total. The molecule has 1 aromatic carbocycles. The number of amides is 3. The van der Waals surface area contributed by atoms with Crippen LogP contribution in [0.1, 0.15) is 103 Å². The standard InChI is InChI=1S/C38H51N5O7S/c1-22(2)32(30-17-31(41-50-30)48-28-18-38(19-28)12-14-42(15-13-38)36(47)49-37(5,6)7)35(46)43-20-27(44)16-29(43)34(45)40-23(3)25-8-10-26(11-9-25)33-24(4)39-21-51-33/h8-11,17,21-23,27-29,32,44H,12-16,18-20H2,1-7H3,(H,40,45)/t23-,27+,29-,32+/m0/s1. The molecule has 0 unspecified atom stereocenters. The number of hydrogen-bond acceptors (Lipinski definition) is 10. The summed E-state index contributed by atoms with van der Waals surface area (Å²) in [6, 6.07) is 8.59. The van der Waals surface area contributed by atoms with Crippen LogP contribution in [0.25, 0.3) is 10.4 Å². The Morgan fingerprint density at radius 1 is 1.10 bits per heavy atom. The van der Waals surface area contributed by atoms with Crippen molar-refractivity contribution >= 4 is 29.2 Å². The Hall–Kier alpha value is -3.97. The summed E-state index contributed by atoms with van der Waals surface area (Å²) in [6.45, 7) is 14.8. The maximum Gasteiger partial charge on any atom is 0.410 e. The van der Waals surface area contributed by atoms with Crippen LogP contribution in [0.4, 0.5) is 4.79 Å². The lowest BCUT2D eigenvalue weighted by atomic mass is 9.61. The SMILES string of the molecule is Cc1ncsc1-c1ccc([C@H](C)NC(=O)[C@@H]2C[C@@H](O)CN2C(=O)[C@@H](c2cc(OC3CC4(CCN(C(=O)OC(C)(C)C)CC4)C3)no2)C(C)C)cc1. The fraction of sp³-hybridized carbons (Fsp3) is 0.605. The van der Waals surface area contributed by atoms with E-state index in [4.69, 9.17) is 14.0 Å². The quantitative estimate of drug-likeness (QED) is 0.262. The first-order valence-corrected chi connectivity index (χ1v) is 18.9.